The van der Waals surface area contributed by atoms with Crippen molar-refractivity contribution in [3.8, 4) is 0 Å². The number of nitrogens with zero attached hydrogens (tertiary/aromatic N) is 1. The standard InChI is InChI=1S/C25H46NO/c1-7-8-9-10-11-12-13-14-15-16-19-26(5,6)23(4)25(27)24-20-21(2)17-18-22(24)3/h17-18,20,23,25,27H,7-16,19H2,1-6H3/q+1. The SMILES string of the molecule is CCCCCCCCCCCC[N+](C)(C)C(C)C(O)c1cc(C)ccc1C. The molecule has 0 heterocycles. The Balaban J connectivity index is 2.32. The molecule has 1 N–H and O–H groups in total. The van der Waals surface area contributed by atoms with Crippen LogP contribution in [0, 0.1) is 13.8 Å². The van der Waals surface area contributed by atoms with Crippen LogP contribution in [0.3, 0.4) is 0 Å². The molecule has 2 unspecified atom stereocenters. The molecular weight excluding hydrogens is 330 g/mol. The predicted molar refractivity (Wildman–Crippen MR) is 119 cm³/mol. The highest BCUT2D eigenvalue weighted by molar-refractivity contribution is 5.32. The summed E-state index contributed by atoms with van der Waals surface area (Å²) in [5.74, 6) is 0. The maximum atomic E-state index is 11.0. The van der Waals surface area contributed by atoms with E-state index in [4.69, 9.17) is 0 Å². The minimum Gasteiger partial charge on any atom is -0.382 e. The minimum atomic E-state index is -0.400. The van der Waals surface area contributed by atoms with E-state index in [0.717, 1.165) is 16.6 Å². The molecular formula is C25H46NO+. The molecule has 0 saturated heterocycles. The maximum Gasteiger partial charge on any atom is 0.131 e. The van der Waals surface area contributed by atoms with Crippen molar-refractivity contribution in [2.24, 2.45) is 0 Å². The molecule has 0 radical (unpaired) electrons. The molecule has 1 rings (SSSR count). The number of hydrogen-bond acceptors (Lipinski definition) is 1. The number of likely N-dealkylation sites (N-methyl/N-ethyl adjacent to an activating group) is 1. The van der Waals surface area contributed by atoms with E-state index in [1.807, 2.05) is 0 Å². The van der Waals surface area contributed by atoms with E-state index in [0.29, 0.717) is 0 Å². The van der Waals surface area contributed by atoms with Gasteiger partial charge in [0.1, 0.15) is 12.1 Å². The van der Waals surface area contributed by atoms with Gasteiger partial charge in [-0.1, -0.05) is 82.1 Å². The smallest absolute Gasteiger partial charge is 0.131 e. The average molecular weight is 377 g/mol. The monoisotopic (exact) mass is 376 g/mol. The second-order valence-corrected chi connectivity index (χ2v) is 9.23. The van der Waals surface area contributed by atoms with Gasteiger partial charge in [0.2, 0.25) is 0 Å². The molecule has 156 valence electrons. The summed E-state index contributed by atoms with van der Waals surface area (Å²) >= 11 is 0. The highest BCUT2D eigenvalue weighted by Gasteiger charge is 2.31. The van der Waals surface area contributed by atoms with E-state index in [-0.39, 0.29) is 6.04 Å². The van der Waals surface area contributed by atoms with Gasteiger partial charge in [0, 0.05) is 0 Å². The Morgan fingerprint density at radius 2 is 1.37 bits per heavy atom. The summed E-state index contributed by atoms with van der Waals surface area (Å²) in [7, 11) is 4.54. The van der Waals surface area contributed by atoms with Crippen molar-refractivity contribution in [2.75, 3.05) is 20.6 Å². The number of hydrogen-bond donors (Lipinski definition) is 1. The molecule has 0 aliphatic carbocycles. The quantitative estimate of drug-likeness (QED) is 0.282. The van der Waals surface area contributed by atoms with Gasteiger partial charge in [-0.3, -0.25) is 0 Å². The molecule has 0 amide bonds. The topological polar surface area (TPSA) is 20.2 Å². The van der Waals surface area contributed by atoms with Crippen molar-refractivity contribution >= 4 is 0 Å². The first-order valence-corrected chi connectivity index (χ1v) is 11.4. The normalized spacial score (nSPS) is 14.3. The van der Waals surface area contributed by atoms with Gasteiger partial charge in [-0.15, -0.1) is 0 Å². The number of aliphatic hydroxyl groups excluding tert-OH is 1. The Kier molecular flexibility index (Phi) is 11.3. The third-order valence-electron chi connectivity index (χ3n) is 6.40. The predicted octanol–water partition coefficient (Wildman–Crippen LogP) is 6.72. The number of aliphatic hydroxyl groups is 1. The van der Waals surface area contributed by atoms with Crippen LogP contribution in [0.4, 0.5) is 0 Å². The summed E-state index contributed by atoms with van der Waals surface area (Å²) in [5.41, 5.74) is 3.51. The van der Waals surface area contributed by atoms with Crippen LogP contribution in [0.15, 0.2) is 18.2 Å². The highest BCUT2D eigenvalue weighted by Crippen LogP contribution is 2.27. The fourth-order valence-electron chi connectivity index (χ4n) is 3.93. The van der Waals surface area contributed by atoms with Crippen molar-refractivity contribution in [1.82, 2.24) is 0 Å². The van der Waals surface area contributed by atoms with Gasteiger partial charge in [0.15, 0.2) is 0 Å². The van der Waals surface area contributed by atoms with Crippen LogP contribution in [0.5, 0.6) is 0 Å². The van der Waals surface area contributed by atoms with E-state index in [9.17, 15) is 5.11 Å². The summed E-state index contributed by atoms with van der Waals surface area (Å²) in [6, 6.07) is 6.60. The van der Waals surface area contributed by atoms with Crippen molar-refractivity contribution in [2.45, 2.75) is 104 Å². The second-order valence-electron chi connectivity index (χ2n) is 9.23. The lowest BCUT2D eigenvalue weighted by molar-refractivity contribution is -0.917. The zero-order valence-corrected chi connectivity index (χ0v) is 19.1. The molecule has 0 aliphatic heterocycles. The molecule has 0 aliphatic rings. The number of rotatable bonds is 14. The van der Waals surface area contributed by atoms with Crippen LogP contribution in [0.1, 0.15) is 101 Å². The second kappa shape index (κ2) is 12.6. The number of unbranched alkanes of at least 4 members (excludes halogenated alkanes) is 9. The first kappa shape index (κ1) is 24.2. The van der Waals surface area contributed by atoms with Crippen molar-refractivity contribution < 1.29 is 9.59 Å². The van der Waals surface area contributed by atoms with Crippen LogP contribution in [-0.2, 0) is 0 Å². The number of quaternary nitrogens is 1. The van der Waals surface area contributed by atoms with Gasteiger partial charge in [-0.05, 0) is 44.7 Å². The van der Waals surface area contributed by atoms with Gasteiger partial charge >= 0.3 is 0 Å². The van der Waals surface area contributed by atoms with Crippen LogP contribution >= 0.6 is 0 Å². The molecule has 2 nitrogen and oxygen atoms in total. The van der Waals surface area contributed by atoms with Crippen LogP contribution in [0.25, 0.3) is 0 Å². The molecule has 1 aromatic carbocycles. The van der Waals surface area contributed by atoms with Gasteiger partial charge in [-0.2, -0.15) is 0 Å². The first-order valence-electron chi connectivity index (χ1n) is 11.4. The summed E-state index contributed by atoms with van der Waals surface area (Å²) in [4.78, 5) is 0. The van der Waals surface area contributed by atoms with Crippen molar-refractivity contribution in [3.63, 3.8) is 0 Å². The van der Waals surface area contributed by atoms with Crippen LogP contribution < -0.4 is 0 Å². The largest absolute Gasteiger partial charge is 0.382 e. The lowest BCUT2D eigenvalue weighted by Crippen LogP contribution is -2.50. The zero-order valence-electron chi connectivity index (χ0n) is 19.1. The van der Waals surface area contributed by atoms with Gasteiger partial charge in [0.05, 0.1) is 20.6 Å². The van der Waals surface area contributed by atoms with E-state index >= 15 is 0 Å². The lowest BCUT2D eigenvalue weighted by Gasteiger charge is -2.39. The molecule has 27 heavy (non-hydrogen) atoms. The summed E-state index contributed by atoms with van der Waals surface area (Å²) in [6.07, 6.45) is 13.3. The Morgan fingerprint density at radius 1 is 0.852 bits per heavy atom. The molecule has 0 aromatic heterocycles. The fraction of sp³-hybridized carbons (Fsp3) is 0.760. The minimum absolute atomic E-state index is 0.198. The van der Waals surface area contributed by atoms with Crippen molar-refractivity contribution in [3.05, 3.63) is 34.9 Å². The van der Waals surface area contributed by atoms with Gasteiger partial charge < -0.3 is 9.59 Å². The molecule has 0 fully saturated rings. The van der Waals surface area contributed by atoms with Gasteiger partial charge in [-0.25, -0.2) is 0 Å². The Labute approximate surface area is 169 Å². The van der Waals surface area contributed by atoms with E-state index < -0.39 is 6.10 Å². The maximum absolute atomic E-state index is 11.0. The molecule has 1 aromatic rings. The van der Waals surface area contributed by atoms with E-state index in [1.165, 1.54) is 75.3 Å². The summed E-state index contributed by atoms with van der Waals surface area (Å²) < 4.78 is 0.881. The van der Waals surface area contributed by atoms with E-state index in [2.05, 4.69) is 60.0 Å². The molecule has 2 heteroatoms. The lowest BCUT2D eigenvalue weighted by atomic mass is 9.95. The third kappa shape index (κ3) is 8.79. The first-order chi connectivity index (χ1) is 12.8. The summed E-state index contributed by atoms with van der Waals surface area (Å²) in [5, 5.41) is 11.0. The number of benzene rings is 1. The average Bonchev–Trinajstić information content (AvgIpc) is 2.64. The molecule has 0 bridgehead atoms. The Bertz CT molecular complexity index is 523. The molecule has 0 spiro atoms. The van der Waals surface area contributed by atoms with Crippen molar-refractivity contribution in [1.29, 1.82) is 0 Å². The third-order valence-corrected chi connectivity index (χ3v) is 6.40. The van der Waals surface area contributed by atoms with Crippen LogP contribution in [0.2, 0.25) is 0 Å². The highest BCUT2D eigenvalue weighted by atomic mass is 16.3. The Morgan fingerprint density at radius 3 is 1.93 bits per heavy atom. The van der Waals surface area contributed by atoms with Gasteiger partial charge in [0.25, 0.3) is 0 Å². The molecule has 2 atom stereocenters. The Hall–Kier alpha value is -0.860. The summed E-state index contributed by atoms with van der Waals surface area (Å²) in [6.45, 7) is 9.82. The van der Waals surface area contributed by atoms with E-state index in [1.54, 1.807) is 0 Å². The fourth-order valence-corrected chi connectivity index (χ4v) is 3.93. The number of aryl methyl sites for hydroxylation is 2. The molecule has 0 saturated carbocycles. The zero-order chi connectivity index (χ0) is 20.3. The van der Waals surface area contributed by atoms with Crippen LogP contribution in [-0.4, -0.2) is 36.3 Å².